The third-order valence-electron chi connectivity index (χ3n) is 2.68. The number of imide groups is 1. The van der Waals surface area contributed by atoms with E-state index >= 15 is 0 Å². The Labute approximate surface area is 125 Å². The Morgan fingerprint density at radius 1 is 1.30 bits per heavy atom. The fourth-order valence-electron chi connectivity index (χ4n) is 1.79. The van der Waals surface area contributed by atoms with Crippen molar-refractivity contribution in [1.82, 2.24) is 10.2 Å². The fourth-order valence-corrected chi connectivity index (χ4v) is 2.88. The Hall–Kier alpha value is -1.53. The minimum absolute atomic E-state index is 0.0533. The summed E-state index contributed by atoms with van der Waals surface area (Å²) in [4.78, 5) is 35.5. The van der Waals surface area contributed by atoms with Crippen molar-refractivity contribution in [1.29, 1.82) is 0 Å². The van der Waals surface area contributed by atoms with Crippen LogP contribution < -0.4 is 5.32 Å². The Morgan fingerprint density at radius 2 is 2.00 bits per heavy atom. The summed E-state index contributed by atoms with van der Waals surface area (Å²) in [5, 5.41) is 2.82. The minimum atomic E-state index is -0.436. The number of nitrogens with zero attached hydrogens (tertiary/aromatic N) is 1. The van der Waals surface area contributed by atoms with Gasteiger partial charge in [-0.3, -0.25) is 19.7 Å². The van der Waals surface area contributed by atoms with Crippen LogP contribution in [0.25, 0.3) is 0 Å². The quantitative estimate of drug-likeness (QED) is 0.844. The first kappa shape index (κ1) is 14.9. The van der Waals surface area contributed by atoms with E-state index in [-0.39, 0.29) is 24.7 Å². The lowest BCUT2D eigenvalue weighted by Gasteiger charge is -2.25. The zero-order chi connectivity index (χ0) is 14.5. The van der Waals surface area contributed by atoms with Gasteiger partial charge in [-0.15, -0.1) is 11.8 Å². The lowest BCUT2D eigenvalue weighted by molar-refractivity contribution is -0.144. The molecule has 0 saturated carbocycles. The van der Waals surface area contributed by atoms with Crippen molar-refractivity contribution >= 4 is 41.1 Å². The van der Waals surface area contributed by atoms with Crippen LogP contribution in [-0.2, 0) is 20.1 Å². The van der Waals surface area contributed by atoms with Crippen LogP contribution in [0.3, 0.4) is 0 Å². The van der Waals surface area contributed by atoms with Crippen molar-refractivity contribution in [2.24, 2.45) is 0 Å². The van der Waals surface area contributed by atoms with Gasteiger partial charge in [-0.2, -0.15) is 0 Å². The molecule has 1 fully saturated rings. The fraction of sp³-hybridized carbons (Fsp3) is 0.308. The number of hydrogen-bond acceptors (Lipinski definition) is 4. The molecule has 0 spiro atoms. The number of halogens is 1. The van der Waals surface area contributed by atoms with Crippen LogP contribution in [0.2, 0.25) is 5.02 Å². The molecule has 0 atom stereocenters. The number of piperazine rings is 1. The molecule has 1 aromatic carbocycles. The second kappa shape index (κ2) is 6.76. The molecule has 0 bridgehead atoms. The zero-order valence-corrected chi connectivity index (χ0v) is 12.2. The van der Waals surface area contributed by atoms with Gasteiger partial charge in [0.15, 0.2) is 0 Å². The molecular weight excluding hydrogens is 300 g/mol. The summed E-state index contributed by atoms with van der Waals surface area (Å²) >= 11 is 7.30. The van der Waals surface area contributed by atoms with E-state index in [4.69, 9.17) is 11.6 Å². The van der Waals surface area contributed by atoms with Crippen LogP contribution in [0.5, 0.6) is 0 Å². The largest absolute Gasteiger partial charge is 0.323 e. The maximum absolute atomic E-state index is 11.9. The van der Waals surface area contributed by atoms with Crippen LogP contribution in [0, 0.1) is 0 Å². The Kier molecular flexibility index (Phi) is 5.03. The molecule has 0 radical (unpaired) electrons. The van der Waals surface area contributed by atoms with Gasteiger partial charge < -0.3 is 4.90 Å². The predicted octanol–water partition coefficient (Wildman–Crippen LogP) is 1.06. The lowest BCUT2D eigenvalue weighted by atomic mass is 10.2. The molecule has 1 aromatic rings. The van der Waals surface area contributed by atoms with Crippen LogP contribution in [0.4, 0.5) is 0 Å². The normalized spacial score (nSPS) is 15.2. The smallest absolute Gasteiger partial charge is 0.246 e. The van der Waals surface area contributed by atoms with Crippen molar-refractivity contribution < 1.29 is 14.4 Å². The zero-order valence-electron chi connectivity index (χ0n) is 10.6. The third-order valence-corrected chi connectivity index (χ3v) is 3.91. The third kappa shape index (κ3) is 4.25. The van der Waals surface area contributed by atoms with E-state index in [9.17, 15) is 14.4 Å². The molecule has 1 N–H and O–H groups in total. The molecule has 7 heteroatoms. The topological polar surface area (TPSA) is 66.5 Å². The summed E-state index contributed by atoms with van der Waals surface area (Å²) in [6.45, 7) is -0.107. The summed E-state index contributed by atoms with van der Waals surface area (Å²) in [5.74, 6) is -0.197. The molecule has 3 amide bonds. The standard InChI is InChI=1S/C13H13ClN2O3S/c14-10-3-1-2-9(4-10)7-20-8-13(19)16-5-11(17)15-12(18)6-16/h1-4H,5-8H2,(H,15,17,18). The highest BCUT2D eigenvalue weighted by atomic mass is 35.5. The number of hydrogen-bond donors (Lipinski definition) is 1. The second-order valence-corrected chi connectivity index (χ2v) is 5.77. The first-order valence-electron chi connectivity index (χ1n) is 5.97. The van der Waals surface area contributed by atoms with Crippen LogP contribution in [0.1, 0.15) is 5.56 Å². The van der Waals surface area contributed by atoms with Gasteiger partial charge in [0.2, 0.25) is 17.7 Å². The van der Waals surface area contributed by atoms with E-state index in [1.54, 1.807) is 6.07 Å². The van der Waals surface area contributed by atoms with Gasteiger partial charge in [0.25, 0.3) is 0 Å². The summed E-state index contributed by atoms with van der Waals surface area (Å²) in [7, 11) is 0. The molecular formula is C13H13ClN2O3S. The van der Waals surface area contributed by atoms with E-state index < -0.39 is 11.8 Å². The van der Waals surface area contributed by atoms with Crippen molar-refractivity contribution in [2.45, 2.75) is 5.75 Å². The molecule has 1 heterocycles. The van der Waals surface area contributed by atoms with Gasteiger partial charge in [0.1, 0.15) is 13.1 Å². The van der Waals surface area contributed by atoms with Gasteiger partial charge in [-0.1, -0.05) is 23.7 Å². The number of rotatable bonds is 4. The molecule has 5 nitrogen and oxygen atoms in total. The van der Waals surface area contributed by atoms with Crippen molar-refractivity contribution in [3.8, 4) is 0 Å². The summed E-state index contributed by atoms with van der Waals surface area (Å²) in [6.07, 6.45) is 0. The maximum atomic E-state index is 11.9. The highest BCUT2D eigenvalue weighted by Gasteiger charge is 2.25. The highest BCUT2D eigenvalue weighted by molar-refractivity contribution is 7.99. The molecule has 106 valence electrons. The molecule has 1 aliphatic heterocycles. The first-order chi connectivity index (χ1) is 9.54. The van der Waals surface area contributed by atoms with E-state index in [0.29, 0.717) is 10.8 Å². The monoisotopic (exact) mass is 312 g/mol. The molecule has 0 aliphatic carbocycles. The molecule has 2 rings (SSSR count). The number of carbonyl (C=O) groups excluding carboxylic acids is 3. The number of thioether (sulfide) groups is 1. The van der Waals surface area contributed by atoms with Gasteiger partial charge >= 0.3 is 0 Å². The average molecular weight is 313 g/mol. The predicted molar refractivity (Wildman–Crippen MR) is 77.3 cm³/mol. The van der Waals surface area contributed by atoms with Gasteiger partial charge in [0, 0.05) is 10.8 Å². The molecule has 1 aliphatic rings. The van der Waals surface area contributed by atoms with Gasteiger partial charge in [0.05, 0.1) is 5.75 Å². The number of nitrogens with one attached hydrogen (secondary N) is 1. The van der Waals surface area contributed by atoms with Gasteiger partial charge in [-0.05, 0) is 17.7 Å². The summed E-state index contributed by atoms with van der Waals surface area (Å²) < 4.78 is 0. The lowest BCUT2D eigenvalue weighted by Crippen LogP contribution is -2.53. The summed E-state index contributed by atoms with van der Waals surface area (Å²) in [5.41, 5.74) is 1.03. The highest BCUT2D eigenvalue weighted by Crippen LogP contribution is 2.17. The molecule has 20 heavy (non-hydrogen) atoms. The van der Waals surface area contributed by atoms with E-state index in [1.165, 1.54) is 16.7 Å². The molecule has 0 unspecified atom stereocenters. The Bertz CT molecular complexity index is 534. The van der Waals surface area contributed by atoms with Crippen LogP contribution in [0.15, 0.2) is 24.3 Å². The molecule has 1 saturated heterocycles. The Balaban J connectivity index is 1.80. The second-order valence-electron chi connectivity index (χ2n) is 4.34. The van der Waals surface area contributed by atoms with E-state index in [2.05, 4.69) is 5.32 Å². The minimum Gasteiger partial charge on any atom is -0.323 e. The van der Waals surface area contributed by atoms with Gasteiger partial charge in [-0.25, -0.2) is 0 Å². The van der Waals surface area contributed by atoms with Crippen LogP contribution in [-0.4, -0.2) is 41.5 Å². The Morgan fingerprint density at radius 3 is 2.65 bits per heavy atom. The van der Waals surface area contributed by atoms with E-state index in [1.807, 2.05) is 18.2 Å². The van der Waals surface area contributed by atoms with Crippen molar-refractivity contribution in [3.63, 3.8) is 0 Å². The van der Waals surface area contributed by atoms with E-state index in [0.717, 1.165) is 5.56 Å². The molecule has 0 aromatic heterocycles. The first-order valence-corrected chi connectivity index (χ1v) is 7.50. The van der Waals surface area contributed by atoms with Crippen molar-refractivity contribution in [3.05, 3.63) is 34.9 Å². The average Bonchev–Trinajstić information content (AvgIpc) is 2.37. The number of carbonyl (C=O) groups is 3. The SMILES string of the molecule is O=C1CN(C(=O)CSCc2cccc(Cl)c2)CC(=O)N1. The van der Waals surface area contributed by atoms with Crippen LogP contribution >= 0.6 is 23.4 Å². The maximum Gasteiger partial charge on any atom is 0.246 e. The summed E-state index contributed by atoms with van der Waals surface area (Å²) in [6, 6.07) is 7.42. The number of benzene rings is 1. The number of amides is 3. The van der Waals surface area contributed by atoms with Crippen molar-refractivity contribution in [2.75, 3.05) is 18.8 Å².